The number of halogens is 1. The number of aliphatic hydroxyl groups is 3. The zero-order chi connectivity index (χ0) is 12.0. The molecule has 15 heavy (non-hydrogen) atoms. The number of hydrogen-bond acceptors (Lipinski definition) is 5. The molecule has 0 aromatic rings. The number of nitrogens with two attached hydrogens (primary N) is 1. The SMILES string of the molecule is CC(N)=O.OC[C@H]1OC(O)C[C@@H](O)[C@@H]1F. The lowest BCUT2D eigenvalue weighted by Gasteiger charge is -2.32. The number of alkyl halides is 1. The molecule has 4 atom stereocenters. The quantitative estimate of drug-likeness (QED) is 0.424. The number of primary amides is 1. The van der Waals surface area contributed by atoms with E-state index in [1.165, 1.54) is 6.92 Å². The molecule has 0 spiro atoms. The normalized spacial score (nSPS) is 35.3. The Labute approximate surface area is 86.5 Å². The first-order chi connectivity index (χ1) is 6.88. The van der Waals surface area contributed by atoms with Crippen molar-refractivity contribution in [1.82, 2.24) is 0 Å². The summed E-state index contributed by atoms with van der Waals surface area (Å²) >= 11 is 0. The molecule has 6 nitrogen and oxygen atoms in total. The summed E-state index contributed by atoms with van der Waals surface area (Å²) in [6.07, 6.45) is -5.26. The molecule has 1 fully saturated rings. The zero-order valence-corrected chi connectivity index (χ0v) is 8.34. The molecule has 7 heteroatoms. The van der Waals surface area contributed by atoms with Crippen molar-refractivity contribution in [2.75, 3.05) is 6.61 Å². The summed E-state index contributed by atoms with van der Waals surface area (Å²) < 4.78 is 17.4. The van der Waals surface area contributed by atoms with Gasteiger partial charge in [0.1, 0.15) is 6.10 Å². The topological polar surface area (TPSA) is 113 Å². The first kappa shape index (κ1) is 14.2. The van der Waals surface area contributed by atoms with Crippen LogP contribution in [0.15, 0.2) is 0 Å². The summed E-state index contributed by atoms with van der Waals surface area (Å²) in [6.45, 7) is 0.773. The molecule has 0 aromatic carbocycles. The van der Waals surface area contributed by atoms with Gasteiger partial charge in [-0.25, -0.2) is 4.39 Å². The fourth-order valence-electron chi connectivity index (χ4n) is 1.06. The van der Waals surface area contributed by atoms with Gasteiger partial charge in [-0.2, -0.15) is 0 Å². The molecule has 1 saturated heterocycles. The van der Waals surface area contributed by atoms with E-state index in [0.29, 0.717) is 0 Å². The molecule has 0 bridgehead atoms. The van der Waals surface area contributed by atoms with Crippen LogP contribution in [0, 0.1) is 0 Å². The Morgan fingerprint density at radius 1 is 1.60 bits per heavy atom. The Morgan fingerprint density at radius 2 is 2.07 bits per heavy atom. The Kier molecular flexibility index (Phi) is 6.34. The van der Waals surface area contributed by atoms with Crippen molar-refractivity contribution in [1.29, 1.82) is 0 Å². The van der Waals surface area contributed by atoms with E-state index in [1.807, 2.05) is 0 Å². The van der Waals surface area contributed by atoms with Crippen LogP contribution < -0.4 is 5.73 Å². The van der Waals surface area contributed by atoms with Gasteiger partial charge in [-0.3, -0.25) is 4.79 Å². The molecule has 0 saturated carbocycles. The van der Waals surface area contributed by atoms with Crippen LogP contribution in [0.25, 0.3) is 0 Å². The van der Waals surface area contributed by atoms with Crippen LogP contribution in [0.4, 0.5) is 4.39 Å². The van der Waals surface area contributed by atoms with Crippen molar-refractivity contribution in [2.24, 2.45) is 5.73 Å². The largest absolute Gasteiger partial charge is 0.394 e. The summed E-state index contributed by atoms with van der Waals surface area (Å²) in [7, 11) is 0. The average Bonchev–Trinajstić information content (AvgIpc) is 2.10. The summed E-state index contributed by atoms with van der Waals surface area (Å²) in [5, 5.41) is 26.3. The smallest absolute Gasteiger partial charge is 0.214 e. The van der Waals surface area contributed by atoms with Crippen molar-refractivity contribution in [2.45, 2.75) is 38.0 Å². The Hall–Kier alpha value is -0.760. The summed E-state index contributed by atoms with van der Waals surface area (Å²) in [5.74, 6) is -0.333. The van der Waals surface area contributed by atoms with Gasteiger partial charge in [0.25, 0.3) is 0 Å². The number of aliphatic hydroxyl groups excluding tert-OH is 3. The van der Waals surface area contributed by atoms with E-state index in [4.69, 9.17) is 15.3 Å². The van der Waals surface area contributed by atoms with Crippen molar-refractivity contribution in [3.05, 3.63) is 0 Å². The van der Waals surface area contributed by atoms with E-state index >= 15 is 0 Å². The second kappa shape index (κ2) is 6.67. The molecule has 1 unspecified atom stereocenters. The highest BCUT2D eigenvalue weighted by Crippen LogP contribution is 2.20. The predicted molar refractivity (Wildman–Crippen MR) is 48.4 cm³/mol. The van der Waals surface area contributed by atoms with Gasteiger partial charge < -0.3 is 25.8 Å². The molecule has 0 aromatic heterocycles. The van der Waals surface area contributed by atoms with Crippen molar-refractivity contribution in [3.63, 3.8) is 0 Å². The third-order valence-electron chi connectivity index (χ3n) is 1.68. The fourth-order valence-corrected chi connectivity index (χ4v) is 1.06. The van der Waals surface area contributed by atoms with Gasteiger partial charge in [-0.05, 0) is 0 Å². The van der Waals surface area contributed by atoms with Gasteiger partial charge in [0.05, 0.1) is 12.7 Å². The maximum atomic E-state index is 12.8. The fraction of sp³-hybridized carbons (Fsp3) is 0.875. The zero-order valence-electron chi connectivity index (χ0n) is 8.34. The molecule has 1 amide bonds. The van der Waals surface area contributed by atoms with Gasteiger partial charge in [0.2, 0.25) is 5.91 Å². The summed E-state index contributed by atoms with van der Waals surface area (Å²) in [6, 6.07) is 0. The molecule has 1 aliphatic rings. The van der Waals surface area contributed by atoms with Crippen LogP contribution in [0.5, 0.6) is 0 Å². The third kappa shape index (κ3) is 5.63. The minimum atomic E-state index is -1.61. The van der Waals surface area contributed by atoms with Crippen LogP contribution in [0.3, 0.4) is 0 Å². The van der Waals surface area contributed by atoms with Gasteiger partial charge >= 0.3 is 0 Å². The van der Waals surface area contributed by atoms with Gasteiger partial charge in [0, 0.05) is 13.3 Å². The molecule has 1 rings (SSSR count). The van der Waals surface area contributed by atoms with Gasteiger partial charge in [0.15, 0.2) is 12.5 Å². The van der Waals surface area contributed by atoms with E-state index in [2.05, 4.69) is 10.5 Å². The number of carbonyl (C=O) groups is 1. The highest BCUT2D eigenvalue weighted by molar-refractivity contribution is 5.70. The second-order valence-electron chi connectivity index (χ2n) is 3.17. The average molecular weight is 225 g/mol. The van der Waals surface area contributed by atoms with Crippen molar-refractivity contribution >= 4 is 5.91 Å². The van der Waals surface area contributed by atoms with Crippen molar-refractivity contribution < 1.29 is 29.2 Å². The maximum Gasteiger partial charge on any atom is 0.214 e. The lowest BCUT2D eigenvalue weighted by molar-refractivity contribution is -0.224. The maximum absolute atomic E-state index is 12.8. The van der Waals surface area contributed by atoms with Crippen LogP contribution in [-0.2, 0) is 9.53 Å². The molecular formula is C8H16FNO5. The summed E-state index contributed by atoms with van der Waals surface area (Å²) in [5.41, 5.74) is 4.47. The number of rotatable bonds is 1. The van der Waals surface area contributed by atoms with Crippen LogP contribution in [-0.4, -0.2) is 52.5 Å². The Bertz CT molecular complexity index is 199. The minimum absolute atomic E-state index is 0.141. The lowest BCUT2D eigenvalue weighted by atomic mass is 10.0. The Balaban J connectivity index is 0.000000423. The first-order valence-electron chi connectivity index (χ1n) is 4.41. The van der Waals surface area contributed by atoms with E-state index in [1.54, 1.807) is 0 Å². The number of ether oxygens (including phenoxy) is 1. The van der Waals surface area contributed by atoms with Crippen LogP contribution >= 0.6 is 0 Å². The molecular weight excluding hydrogens is 209 g/mol. The van der Waals surface area contributed by atoms with E-state index in [0.717, 1.165) is 0 Å². The highest BCUT2D eigenvalue weighted by Gasteiger charge is 2.36. The standard InChI is InChI=1S/C6H11FO4.C2H5NO/c7-6-3(9)1-5(10)11-4(6)2-8;1-2(3)4/h3-6,8-10H,1-2H2;1H3,(H2,3,4)/t3-,4-,5?,6+;/m1./s1. The third-order valence-corrected chi connectivity index (χ3v) is 1.68. The summed E-state index contributed by atoms with van der Waals surface area (Å²) in [4.78, 5) is 9.22. The van der Waals surface area contributed by atoms with Crippen LogP contribution in [0.2, 0.25) is 0 Å². The lowest BCUT2D eigenvalue weighted by Crippen LogP contribution is -2.47. The molecule has 90 valence electrons. The van der Waals surface area contributed by atoms with E-state index in [-0.39, 0.29) is 12.3 Å². The Morgan fingerprint density at radius 3 is 2.47 bits per heavy atom. The number of amides is 1. The number of hydrogen-bond donors (Lipinski definition) is 4. The molecule has 5 N–H and O–H groups in total. The van der Waals surface area contributed by atoms with Gasteiger partial charge in [-0.1, -0.05) is 0 Å². The monoisotopic (exact) mass is 225 g/mol. The minimum Gasteiger partial charge on any atom is -0.394 e. The highest BCUT2D eigenvalue weighted by atomic mass is 19.1. The molecule has 0 radical (unpaired) electrons. The van der Waals surface area contributed by atoms with Crippen molar-refractivity contribution in [3.8, 4) is 0 Å². The van der Waals surface area contributed by atoms with Crippen LogP contribution in [0.1, 0.15) is 13.3 Å². The van der Waals surface area contributed by atoms with E-state index < -0.39 is 31.3 Å². The molecule has 1 aliphatic heterocycles. The second-order valence-corrected chi connectivity index (χ2v) is 3.17. The first-order valence-corrected chi connectivity index (χ1v) is 4.41. The number of carbonyl (C=O) groups excluding carboxylic acids is 1. The molecule has 1 heterocycles. The van der Waals surface area contributed by atoms with Gasteiger partial charge in [-0.15, -0.1) is 0 Å². The van der Waals surface area contributed by atoms with E-state index in [9.17, 15) is 9.18 Å². The predicted octanol–water partition coefficient (Wildman–Crippen LogP) is -1.72. The molecule has 0 aliphatic carbocycles.